The van der Waals surface area contributed by atoms with Crippen LogP contribution in [0.15, 0.2) is 42.6 Å². The van der Waals surface area contributed by atoms with Crippen LogP contribution in [0.25, 0.3) is 0 Å². The van der Waals surface area contributed by atoms with Gasteiger partial charge < -0.3 is 5.73 Å². The summed E-state index contributed by atoms with van der Waals surface area (Å²) in [4.78, 5) is 16.3. The number of anilines is 1. The molecule has 0 saturated heterocycles. The first-order valence-electron chi connectivity index (χ1n) is 6.06. The van der Waals surface area contributed by atoms with Gasteiger partial charge in [0.05, 0.1) is 11.9 Å². The Hall–Kier alpha value is -2.16. The van der Waals surface area contributed by atoms with Crippen molar-refractivity contribution in [2.45, 2.75) is 19.8 Å². The zero-order chi connectivity index (χ0) is 13.0. The van der Waals surface area contributed by atoms with Gasteiger partial charge in [-0.15, -0.1) is 0 Å². The predicted octanol–water partition coefficient (Wildman–Crippen LogP) is 2.85. The lowest BCUT2D eigenvalue weighted by molar-refractivity contribution is 0.103. The van der Waals surface area contributed by atoms with E-state index in [1.165, 1.54) is 11.8 Å². The zero-order valence-electron chi connectivity index (χ0n) is 10.4. The van der Waals surface area contributed by atoms with Gasteiger partial charge in [0.2, 0.25) is 5.78 Å². The molecule has 0 amide bonds. The minimum absolute atomic E-state index is 0.0621. The monoisotopic (exact) mass is 240 g/mol. The first kappa shape index (κ1) is 12.3. The molecule has 3 heteroatoms. The highest BCUT2D eigenvalue weighted by molar-refractivity contribution is 6.07. The molecule has 0 spiro atoms. The minimum Gasteiger partial charge on any atom is -0.397 e. The number of carbonyl (C=O) groups is 1. The van der Waals surface area contributed by atoms with Crippen LogP contribution in [0.5, 0.6) is 0 Å². The minimum atomic E-state index is -0.0621. The quantitative estimate of drug-likeness (QED) is 0.836. The third-order valence-electron chi connectivity index (χ3n) is 2.75. The standard InChI is InChI=1S/C15H16N2O/c1-2-4-11-5-3-6-12(9-11)15(18)14-8-7-13(16)10-17-14/h3,5-10H,2,4,16H2,1H3. The first-order valence-corrected chi connectivity index (χ1v) is 6.06. The third kappa shape index (κ3) is 2.74. The summed E-state index contributed by atoms with van der Waals surface area (Å²) in [5.41, 5.74) is 8.40. The van der Waals surface area contributed by atoms with Gasteiger partial charge in [-0.2, -0.15) is 0 Å². The fraction of sp³-hybridized carbons (Fsp3) is 0.200. The average Bonchev–Trinajstić information content (AvgIpc) is 2.39. The van der Waals surface area contributed by atoms with Crippen molar-refractivity contribution in [3.05, 3.63) is 59.4 Å². The number of ketones is 1. The number of nitrogens with two attached hydrogens (primary N) is 1. The topological polar surface area (TPSA) is 56.0 Å². The maximum absolute atomic E-state index is 12.2. The van der Waals surface area contributed by atoms with Crippen LogP contribution < -0.4 is 5.73 Å². The highest BCUT2D eigenvalue weighted by atomic mass is 16.1. The van der Waals surface area contributed by atoms with Crippen molar-refractivity contribution in [3.8, 4) is 0 Å². The van der Waals surface area contributed by atoms with Crippen molar-refractivity contribution >= 4 is 11.5 Å². The van der Waals surface area contributed by atoms with E-state index >= 15 is 0 Å². The molecule has 0 fully saturated rings. The van der Waals surface area contributed by atoms with Crippen LogP contribution in [0.1, 0.15) is 35.0 Å². The maximum atomic E-state index is 12.2. The van der Waals surface area contributed by atoms with E-state index < -0.39 is 0 Å². The summed E-state index contributed by atoms with van der Waals surface area (Å²) in [5, 5.41) is 0. The van der Waals surface area contributed by atoms with Crippen molar-refractivity contribution < 1.29 is 4.79 Å². The Balaban J connectivity index is 2.28. The normalized spacial score (nSPS) is 10.3. The van der Waals surface area contributed by atoms with Gasteiger partial charge in [-0.25, -0.2) is 0 Å². The van der Waals surface area contributed by atoms with Crippen LogP contribution in [0.4, 0.5) is 5.69 Å². The maximum Gasteiger partial charge on any atom is 0.211 e. The van der Waals surface area contributed by atoms with Crippen molar-refractivity contribution in [2.75, 3.05) is 5.73 Å². The fourth-order valence-electron chi connectivity index (χ4n) is 1.84. The molecule has 2 N–H and O–H groups in total. The number of benzene rings is 1. The summed E-state index contributed by atoms with van der Waals surface area (Å²) in [5.74, 6) is -0.0621. The molecule has 0 aliphatic heterocycles. The Bertz CT molecular complexity index is 547. The van der Waals surface area contributed by atoms with E-state index in [4.69, 9.17) is 5.73 Å². The van der Waals surface area contributed by atoms with E-state index in [-0.39, 0.29) is 5.78 Å². The number of nitrogen functional groups attached to an aromatic ring is 1. The van der Waals surface area contributed by atoms with E-state index in [9.17, 15) is 4.79 Å². The molecule has 0 aliphatic carbocycles. The molecule has 92 valence electrons. The number of aromatic nitrogens is 1. The number of carbonyl (C=O) groups excluding carboxylic acids is 1. The van der Waals surface area contributed by atoms with E-state index in [1.807, 2.05) is 24.3 Å². The molecule has 1 aromatic carbocycles. The summed E-state index contributed by atoms with van der Waals surface area (Å²) in [6.45, 7) is 2.12. The summed E-state index contributed by atoms with van der Waals surface area (Å²) < 4.78 is 0. The fourth-order valence-corrected chi connectivity index (χ4v) is 1.84. The SMILES string of the molecule is CCCc1cccc(C(=O)c2ccc(N)cn2)c1. The predicted molar refractivity (Wildman–Crippen MR) is 72.5 cm³/mol. The van der Waals surface area contributed by atoms with Crippen LogP contribution in [-0.4, -0.2) is 10.8 Å². The second-order valence-corrected chi connectivity index (χ2v) is 4.26. The van der Waals surface area contributed by atoms with Crippen LogP contribution in [0.2, 0.25) is 0 Å². The van der Waals surface area contributed by atoms with E-state index in [0.29, 0.717) is 16.9 Å². The van der Waals surface area contributed by atoms with Gasteiger partial charge in [-0.05, 0) is 30.2 Å². The van der Waals surface area contributed by atoms with Gasteiger partial charge in [0.1, 0.15) is 5.69 Å². The molecule has 1 heterocycles. The second-order valence-electron chi connectivity index (χ2n) is 4.26. The number of hydrogen-bond donors (Lipinski definition) is 1. The molecule has 0 radical (unpaired) electrons. The number of aryl methyl sites for hydroxylation is 1. The van der Waals surface area contributed by atoms with Gasteiger partial charge in [0.25, 0.3) is 0 Å². The van der Waals surface area contributed by atoms with Gasteiger partial charge in [-0.3, -0.25) is 9.78 Å². The molecule has 0 unspecified atom stereocenters. The highest BCUT2D eigenvalue weighted by Gasteiger charge is 2.10. The van der Waals surface area contributed by atoms with Crippen molar-refractivity contribution in [3.63, 3.8) is 0 Å². The smallest absolute Gasteiger partial charge is 0.211 e. The zero-order valence-corrected chi connectivity index (χ0v) is 10.4. The molecule has 18 heavy (non-hydrogen) atoms. The summed E-state index contributed by atoms with van der Waals surface area (Å²) in [7, 11) is 0. The Morgan fingerprint density at radius 2 is 2.11 bits per heavy atom. The molecular weight excluding hydrogens is 224 g/mol. The highest BCUT2D eigenvalue weighted by Crippen LogP contribution is 2.12. The van der Waals surface area contributed by atoms with Gasteiger partial charge >= 0.3 is 0 Å². The first-order chi connectivity index (χ1) is 8.70. The Morgan fingerprint density at radius 1 is 1.28 bits per heavy atom. The lowest BCUT2D eigenvalue weighted by atomic mass is 10.0. The van der Waals surface area contributed by atoms with E-state index in [2.05, 4.69) is 11.9 Å². The number of nitrogens with zero attached hydrogens (tertiary/aromatic N) is 1. The van der Waals surface area contributed by atoms with Crippen LogP contribution in [0, 0.1) is 0 Å². The lowest BCUT2D eigenvalue weighted by Crippen LogP contribution is -2.04. The summed E-state index contributed by atoms with van der Waals surface area (Å²) >= 11 is 0. The number of rotatable bonds is 4. The molecule has 0 bridgehead atoms. The molecule has 0 atom stereocenters. The van der Waals surface area contributed by atoms with Crippen molar-refractivity contribution in [1.29, 1.82) is 0 Å². The molecule has 2 rings (SSSR count). The number of pyridine rings is 1. The van der Waals surface area contributed by atoms with E-state index in [1.54, 1.807) is 12.1 Å². The third-order valence-corrected chi connectivity index (χ3v) is 2.75. The number of hydrogen-bond acceptors (Lipinski definition) is 3. The Labute approximate surface area is 107 Å². The second kappa shape index (κ2) is 5.45. The van der Waals surface area contributed by atoms with Gasteiger partial charge in [0, 0.05) is 5.56 Å². The summed E-state index contributed by atoms with van der Waals surface area (Å²) in [6, 6.07) is 11.1. The van der Waals surface area contributed by atoms with Crippen LogP contribution >= 0.6 is 0 Å². The van der Waals surface area contributed by atoms with Crippen LogP contribution in [-0.2, 0) is 6.42 Å². The molecule has 3 nitrogen and oxygen atoms in total. The Kier molecular flexibility index (Phi) is 3.72. The molecule has 2 aromatic rings. The summed E-state index contributed by atoms with van der Waals surface area (Å²) in [6.07, 6.45) is 3.55. The average molecular weight is 240 g/mol. The Morgan fingerprint density at radius 3 is 2.78 bits per heavy atom. The van der Waals surface area contributed by atoms with Crippen molar-refractivity contribution in [2.24, 2.45) is 0 Å². The molecule has 0 aliphatic rings. The van der Waals surface area contributed by atoms with Gasteiger partial charge in [-0.1, -0.05) is 31.5 Å². The largest absolute Gasteiger partial charge is 0.397 e. The van der Waals surface area contributed by atoms with Crippen LogP contribution in [0.3, 0.4) is 0 Å². The van der Waals surface area contributed by atoms with Crippen molar-refractivity contribution in [1.82, 2.24) is 4.98 Å². The van der Waals surface area contributed by atoms with Gasteiger partial charge in [0.15, 0.2) is 0 Å². The lowest BCUT2D eigenvalue weighted by Gasteiger charge is -2.04. The molecular formula is C15H16N2O. The molecule has 1 aromatic heterocycles. The molecule has 0 saturated carbocycles. The van der Waals surface area contributed by atoms with E-state index in [0.717, 1.165) is 12.8 Å².